The molecule has 78 valence electrons. The van der Waals surface area contributed by atoms with Gasteiger partial charge in [-0.05, 0) is 53.0 Å². The fourth-order valence-corrected chi connectivity index (χ4v) is 1.94. The zero-order valence-corrected chi connectivity index (χ0v) is 10.2. The highest BCUT2D eigenvalue weighted by molar-refractivity contribution is 9.10. The van der Waals surface area contributed by atoms with E-state index in [1.807, 2.05) is 43.1 Å². The van der Waals surface area contributed by atoms with Gasteiger partial charge in [0.1, 0.15) is 0 Å². The number of hydrogen-bond donors (Lipinski definition) is 1. The van der Waals surface area contributed by atoms with Gasteiger partial charge in [0.2, 0.25) is 0 Å². The Balaban J connectivity index is 2.58. The fraction of sp³-hybridized carbons (Fsp3) is 0.182. The molecule has 0 aliphatic heterocycles. The second-order valence-electron chi connectivity index (χ2n) is 3.62. The molecule has 0 aliphatic rings. The van der Waals surface area contributed by atoms with Crippen molar-refractivity contribution < 1.29 is 0 Å². The number of rotatable bonds is 1. The van der Waals surface area contributed by atoms with Crippen molar-refractivity contribution in [2.24, 2.45) is 0 Å². The molecule has 1 heterocycles. The number of aryl methyl sites for hydroxylation is 2. The van der Waals surface area contributed by atoms with Crippen LogP contribution in [0.25, 0.3) is 5.69 Å². The Morgan fingerprint density at radius 2 is 2.07 bits per heavy atom. The van der Waals surface area contributed by atoms with E-state index in [0.717, 1.165) is 27.0 Å². The third kappa shape index (κ3) is 1.90. The van der Waals surface area contributed by atoms with Gasteiger partial charge >= 0.3 is 0 Å². The second-order valence-corrected chi connectivity index (χ2v) is 4.48. The first-order valence-corrected chi connectivity index (χ1v) is 5.44. The SMILES string of the molecule is Cc1cnn(-c2cc(C)c(N)cc2Br)c1. The smallest absolute Gasteiger partial charge is 0.0791 e. The third-order valence-electron chi connectivity index (χ3n) is 2.29. The largest absolute Gasteiger partial charge is 0.398 e. The van der Waals surface area contributed by atoms with Crippen LogP contribution in [0, 0.1) is 13.8 Å². The molecule has 0 aliphatic carbocycles. The molecule has 15 heavy (non-hydrogen) atoms. The summed E-state index contributed by atoms with van der Waals surface area (Å²) in [6.07, 6.45) is 3.81. The van der Waals surface area contributed by atoms with Crippen LogP contribution in [0.4, 0.5) is 5.69 Å². The molecule has 3 nitrogen and oxygen atoms in total. The Morgan fingerprint density at radius 1 is 1.33 bits per heavy atom. The van der Waals surface area contributed by atoms with Crippen LogP contribution in [0.1, 0.15) is 11.1 Å². The molecule has 0 spiro atoms. The van der Waals surface area contributed by atoms with Crippen molar-refractivity contribution in [2.45, 2.75) is 13.8 Å². The molecule has 0 atom stereocenters. The number of benzene rings is 1. The number of halogens is 1. The first-order valence-electron chi connectivity index (χ1n) is 4.65. The summed E-state index contributed by atoms with van der Waals surface area (Å²) in [6.45, 7) is 4.00. The first-order chi connectivity index (χ1) is 7.08. The molecule has 0 amide bonds. The average molecular weight is 266 g/mol. The molecule has 1 aromatic carbocycles. The third-order valence-corrected chi connectivity index (χ3v) is 2.93. The van der Waals surface area contributed by atoms with Gasteiger partial charge in [0.15, 0.2) is 0 Å². The van der Waals surface area contributed by atoms with Crippen molar-refractivity contribution in [1.82, 2.24) is 9.78 Å². The van der Waals surface area contributed by atoms with E-state index in [9.17, 15) is 0 Å². The first kappa shape index (κ1) is 10.2. The number of nitrogens with two attached hydrogens (primary N) is 1. The van der Waals surface area contributed by atoms with Crippen LogP contribution >= 0.6 is 15.9 Å². The minimum Gasteiger partial charge on any atom is -0.398 e. The number of nitrogen functional groups attached to an aromatic ring is 1. The van der Waals surface area contributed by atoms with Crippen molar-refractivity contribution in [3.63, 3.8) is 0 Å². The van der Waals surface area contributed by atoms with E-state index in [-0.39, 0.29) is 0 Å². The van der Waals surface area contributed by atoms with Crippen molar-refractivity contribution in [3.05, 3.63) is 40.1 Å². The number of aromatic nitrogens is 2. The van der Waals surface area contributed by atoms with Gasteiger partial charge in [-0.25, -0.2) is 4.68 Å². The second kappa shape index (κ2) is 3.70. The molecular formula is C11H12BrN3. The topological polar surface area (TPSA) is 43.8 Å². The maximum atomic E-state index is 5.81. The zero-order chi connectivity index (χ0) is 11.0. The number of anilines is 1. The molecule has 0 saturated heterocycles. The van der Waals surface area contributed by atoms with Crippen LogP contribution in [-0.2, 0) is 0 Å². The van der Waals surface area contributed by atoms with Gasteiger partial charge in [-0.1, -0.05) is 0 Å². The van der Waals surface area contributed by atoms with Gasteiger partial charge in [0.25, 0.3) is 0 Å². The molecular weight excluding hydrogens is 254 g/mol. The van der Waals surface area contributed by atoms with Crippen molar-refractivity contribution >= 4 is 21.6 Å². The summed E-state index contributed by atoms with van der Waals surface area (Å²) in [4.78, 5) is 0. The molecule has 2 aromatic rings. The Bertz CT molecular complexity index is 503. The van der Waals surface area contributed by atoms with E-state index in [0.29, 0.717) is 0 Å². The van der Waals surface area contributed by atoms with Crippen LogP contribution in [0.2, 0.25) is 0 Å². The van der Waals surface area contributed by atoms with Gasteiger partial charge in [0, 0.05) is 16.4 Å². The Morgan fingerprint density at radius 3 is 2.67 bits per heavy atom. The lowest BCUT2D eigenvalue weighted by Crippen LogP contribution is -1.98. The zero-order valence-electron chi connectivity index (χ0n) is 8.66. The lowest BCUT2D eigenvalue weighted by Gasteiger charge is -2.08. The Kier molecular flexibility index (Phi) is 2.52. The van der Waals surface area contributed by atoms with Crippen molar-refractivity contribution in [3.8, 4) is 5.69 Å². The summed E-state index contributed by atoms with van der Waals surface area (Å²) in [7, 11) is 0. The summed E-state index contributed by atoms with van der Waals surface area (Å²) < 4.78 is 2.79. The minimum absolute atomic E-state index is 0.787. The summed E-state index contributed by atoms with van der Waals surface area (Å²) in [6, 6.07) is 3.92. The van der Waals surface area contributed by atoms with Gasteiger partial charge in [-0.3, -0.25) is 0 Å². The van der Waals surface area contributed by atoms with Crippen LogP contribution in [-0.4, -0.2) is 9.78 Å². The summed E-state index contributed by atoms with van der Waals surface area (Å²) in [5.41, 5.74) is 9.80. The van der Waals surface area contributed by atoms with Crippen LogP contribution in [0.15, 0.2) is 29.0 Å². The summed E-state index contributed by atoms with van der Waals surface area (Å²) in [5, 5.41) is 4.26. The predicted octanol–water partition coefficient (Wildman–Crippen LogP) is 2.83. The highest BCUT2D eigenvalue weighted by Crippen LogP contribution is 2.26. The predicted molar refractivity (Wildman–Crippen MR) is 65.2 cm³/mol. The molecule has 0 fully saturated rings. The van der Waals surface area contributed by atoms with E-state index in [1.165, 1.54) is 0 Å². The highest BCUT2D eigenvalue weighted by atomic mass is 79.9. The van der Waals surface area contributed by atoms with E-state index in [4.69, 9.17) is 5.73 Å². The van der Waals surface area contributed by atoms with Gasteiger partial charge < -0.3 is 5.73 Å². The van der Waals surface area contributed by atoms with Crippen LogP contribution in [0.3, 0.4) is 0 Å². The van der Waals surface area contributed by atoms with Crippen LogP contribution < -0.4 is 5.73 Å². The summed E-state index contributed by atoms with van der Waals surface area (Å²) >= 11 is 3.49. The minimum atomic E-state index is 0.787. The lowest BCUT2D eigenvalue weighted by molar-refractivity contribution is 0.875. The highest BCUT2D eigenvalue weighted by Gasteiger charge is 2.06. The monoisotopic (exact) mass is 265 g/mol. The molecule has 2 N–H and O–H groups in total. The molecule has 0 radical (unpaired) electrons. The molecule has 0 saturated carbocycles. The molecule has 0 bridgehead atoms. The Hall–Kier alpha value is -1.29. The van der Waals surface area contributed by atoms with E-state index in [2.05, 4.69) is 21.0 Å². The number of nitrogens with zero attached hydrogens (tertiary/aromatic N) is 2. The average Bonchev–Trinajstić information content (AvgIpc) is 2.58. The fourth-order valence-electron chi connectivity index (χ4n) is 1.40. The van der Waals surface area contributed by atoms with Crippen molar-refractivity contribution in [1.29, 1.82) is 0 Å². The molecule has 2 rings (SSSR count). The van der Waals surface area contributed by atoms with E-state index < -0.39 is 0 Å². The maximum Gasteiger partial charge on any atom is 0.0791 e. The molecule has 1 aromatic heterocycles. The Labute approximate surface area is 97.0 Å². The lowest BCUT2D eigenvalue weighted by atomic mass is 10.2. The standard InChI is InChI=1S/C11H12BrN3/c1-7-5-14-15(6-7)11-3-8(2)10(13)4-9(11)12/h3-6H,13H2,1-2H3. The van der Waals surface area contributed by atoms with Gasteiger partial charge in [-0.2, -0.15) is 5.10 Å². The number of hydrogen-bond acceptors (Lipinski definition) is 2. The molecule has 0 unspecified atom stereocenters. The van der Waals surface area contributed by atoms with Gasteiger partial charge in [-0.15, -0.1) is 0 Å². The van der Waals surface area contributed by atoms with E-state index >= 15 is 0 Å². The van der Waals surface area contributed by atoms with E-state index in [1.54, 1.807) is 0 Å². The molecule has 4 heteroatoms. The summed E-state index contributed by atoms with van der Waals surface area (Å²) in [5.74, 6) is 0. The van der Waals surface area contributed by atoms with Gasteiger partial charge in [0.05, 0.1) is 11.9 Å². The van der Waals surface area contributed by atoms with Crippen LogP contribution in [0.5, 0.6) is 0 Å². The quantitative estimate of drug-likeness (QED) is 0.806. The normalized spacial score (nSPS) is 10.6. The van der Waals surface area contributed by atoms with Crippen molar-refractivity contribution in [2.75, 3.05) is 5.73 Å². The maximum absolute atomic E-state index is 5.81.